The van der Waals surface area contributed by atoms with E-state index >= 15 is 0 Å². The number of carbonyl (C=O) groups is 1. The maximum absolute atomic E-state index is 12.0. The lowest BCUT2D eigenvalue weighted by Gasteiger charge is -1.98. The summed E-state index contributed by atoms with van der Waals surface area (Å²) in [5.41, 5.74) is 2.73. The first kappa shape index (κ1) is 11.7. The van der Waals surface area contributed by atoms with Gasteiger partial charge in [0.15, 0.2) is 5.78 Å². The summed E-state index contributed by atoms with van der Waals surface area (Å²) >= 11 is 0. The van der Waals surface area contributed by atoms with Crippen molar-refractivity contribution in [1.82, 2.24) is 9.97 Å². The Balaban J connectivity index is 1.71. The molecule has 2 aromatic carbocycles. The minimum Gasteiger partial charge on any atom is -0.342 e. The average molecular weight is 250 g/mol. The number of aromatic amines is 1. The highest BCUT2D eigenvalue weighted by atomic mass is 16.1. The van der Waals surface area contributed by atoms with Crippen molar-refractivity contribution < 1.29 is 4.79 Å². The Labute approximate surface area is 111 Å². The van der Waals surface area contributed by atoms with Crippen molar-refractivity contribution in [2.24, 2.45) is 0 Å². The van der Waals surface area contributed by atoms with Crippen LogP contribution in [0, 0.1) is 0 Å². The molecular formula is C16H14N2O. The van der Waals surface area contributed by atoms with Crippen molar-refractivity contribution >= 4 is 16.8 Å². The van der Waals surface area contributed by atoms with Crippen LogP contribution in [0.15, 0.2) is 54.6 Å². The molecule has 1 heterocycles. The number of hydrogen-bond acceptors (Lipinski definition) is 2. The number of aryl methyl sites for hydroxylation is 1. The SMILES string of the molecule is O=C(CCc1nc2ccccc2[nH]1)c1ccccc1. The second kappa shape index (κ2) is 5.06. The maximum Gasteiger partial charge on any atom is 0.163 e. The van der Waals surface area contributed by atoms with E-state index in [9.17, 15) is 4.79 Å². The average Bonchev–Trinajstić information content (AvgIpc) is 2.88. The zero-order valence-electron chi connectivity index (χ0n) is 10.5. The van der Waals surface area contributed by atoms with Crippen LogP contribution >= 0.6 is 0 Å². The Morgan fingerprint density at radius 1 is 1.00 bits per heavy atom. The smallest absolute Gasteiger partial charge is 0.163 e. The Kier molecular flexibility index (Phi) is 3.11. The van der Waals surface area contributed by atoms with E-state index in [1.54, 1.807) is 0 Å². The molecule has 3 nitrogen and oxygen atoms in total. The number of carbonyl (C=O) groups excluding carboxylic acids is 1. The number of benzene rings is 2. The van der Waals surface area contributed by atoms with Crippen molar-refractivity contribution in [2.45, 2.75) is 12.8 Å². The van der Waals surface area contributed by atoms with Gasteiger partial charge in [0.25, 0.3) is 0 Å². The van der Waals surface area contributed by atoms with Gasteiger partial charge >= 0.3 is 0 Å². The fourth-order valence-electron chi connectivity index (χ4n) is 2.12. The normalized spacial score (nSPS) is 10.7. The number of hydrogen-bond donors (Lipinski definition) is 1. The van der Waals surface area contributed by atoms with Crippen molar-refractivity contribution in [3.63, 3.8) is 0 Å². The predicted molar refractivity (Wildman–Crippen MR) is 75.2 cm³/mol. The quantitative estimate of drug-likeness (QED) is 0.721. The molecule has 0 unspecified atom stereocenters. The third-order valence-electron chi connectivity index (χ3n) is 3.12. The van der Waals surface area contributed by atoms with Crippen LogP contribution in [-0.4, -0.2) is 15.8 Å². The van der Waals surface area contributed by atoms with Crippen LogP contribution in [0.3, 0.4) is 0 Å². The molecule has 0 atom stereocenters. The summed E-state index contributed by atoms with van der Waals surface area (Å²) in [5, 5.41) is 0. The van der Waals surface area contributed by atoms with Gasteiger partial charge in [0.05, 0.1) is 11.0 Å². The molecule has 3 rings (SSSR count). The summed E-state index contributed by atoms with van der Waals surface area (Å²) in [5.74, 6) is 1.02. The summed E-state index contributed by atoms with van der Waals surface area (Å²) in [6.45, 7) is 0. The predicted octanol–water partition coefficient (Wildman–Crippen LogP) is 3.38. The van der Waals surface area contributed by atoms with E-state index in [1.165, 1.54) is 0 Å². The molecule has 19 heavy (non-hydrogen) atoms. The van der Waals surface area contributed by atoms with Crippen LogP contribution in [-0.2, 0) is 6.42 Å². The van der Waals surface area contributed by atoms with Crippen molar-refractivity contribution in [2.75, 3.05) is 0 Å². The molecule has 0 bridgehead atoms. The third-order valence-corrected chi connectivity index (χ3v) is 3.12. The number of nitrogens with zero attached hydrogens (tertiary/aromatic N) is 1. The van der Waals surface area contributed by atoms with E-state index in [-0.39, 0.29) is 5.78 Å². The van der Waals surface area contributed by atoms with E-state index in [0.29, 0.717) is 12.8 Å². The fraction of sp³-hybridized carbons (Fsp3) is 0.125. The molecule has 3 heteroatoms. The number of ketones is 1. The monoisotopic (exact) mass is 250 g/mol. The number of H-pyrrole nitrogens is 1. The van der Waals surface area contributed by atoms with Crippen molar-refractivity contribution in [1.29, 1.82) is 0 Å². The molecule has 3 aromatic rings. The van der Waals surface area contributed by atoms with Crippen LogP contribution in [0.5, 0.6) is 0 Å². The molecule has 1 aromatic heterocycles. The van der Waals surface area contributed by atoms with Gasteiger partial charge in [-0.3, -0.25) is 4.79 Å². The first-order chi connectivity index (χ1) is 9.33. The van der Waals surface area contributed by atoms with Gasteiger partial charge in [-0.05, 0) is 12.1 Å². The van der Waals surface area contributed by atoms with Gasteiger partial charge in [0, 0.05) is 18.4 Å². The molecule has 0 aliphatic rings. The van der Waals surface area contributed by atoms with Gasteiger partial charge in [-0.25, -0.2) is 4.98 Å². The van der Waals surface area contributed by atoms with E-state index in [4.69, 9.17) is 0 Å². The number of aromatic nitrogens is 2. The molecule has 0 spiro atoms. The minimum atomic E-state index is 0.154. The third kappa shape index (κ3) is 2.55. The van der Waals surface area contributed by atoms with E-state index in [2.05, 4.69) is 9.97 Å². The second-order valence-electron chi connectivity index (χ2n) is 4.49. The lowest BCUT2D eigenvalue weighted by Crippen LogP contribution is -2.01. The van der Waals surface area contributed by atoms with E-state index in [0.717, 1.165) is 22.4 Å². The Hall–Kier alpha value is -2.42. The Morgan fingerprint density at radius 2 is 1.74 bits per heavy atom. The molecule has 0 amide bonds. The minimum absolute atomic E-state index is 0.154. The number of fused-ring (bicyclic) bond motifs is 1. The number of para-hydroxylation sites is 2. The topological polar surface area (TPSA) is 45.8 Å². The van der Waals surface area contributed by atoms with Gasteiger partial charge in [0.1, 0.15) is 5.82 Å². The summed E-state index contributed by atoms with van der Waals surface area (Å²) in [7, 11) is 0. The molecule has 0 saturated carbocycles. The first-order valence-corrected chi connectivity index (χ1v) is 6.35. The lowest BCUT2D eigenvalue weighted by molar-refractivity contribution is 0.0982. The van der Waals surface area contributed by atoms with Gasteiger partial charge < -0.3 is 4.98 Å². The molecule has 94 valence electrons. The zero-order chi connectivity index (χ0) is 13.1. The van der Waals surface area contributed by atoms with Gasteiger partial charge in [-0.15, -0.1) is 0 Å². The van der Waals surface area contributed by atoms with E-state index in [1.807, 2.05) is 54.6 Å². The van der Waals surface area contributed by atoms with E-state index < -0.39 is 0 Å². The van der Waals surface area contributed by atoms with Crippen molar-refractivity contribution in [3.05, 3.63) is 66.0 Å². The standard InChI is InChI=1S/C16H14N2O/c19-15(12-6-2-1-3-7-12)10-11-16-17-13-8-4-5-9-14(13)18-16/h1-9H,10-11H2,(H,17,18). The zero-order valence-corrected chi connectivity index (χ0v) is 10.5. The van der Waals surface area contributed by atoms with Crippen LogP contribution in [0.25, 0.3) is 11.0 Å². The van der Waals surface area contributed by atoms with Gasteiger partial charge in [-0.1, -0.05) is 42.5 Å². The molecule has 0 saturated heterocycles. The molecule has 0 aliphatic carbocycles. The molecular weight excluding hydrogens is 236 g/mol. The Morgan fingerprint density at radius 3 is 2.53 bits per heavy atom. The van der Waals surface area contributed by atoms with Gasteiger partial charge in [0.2, 0.25) is 0 Å². The van der Waals surface area contributed by atoms with Crippen molar-refractivity contribution in [3.8, 4) is 0 Å². The first-order valence-electron chi connectivity index (χ1n) is 6.35. The second-order valence-corrected chi connectivity index (χ2v) is 4.49. The highest BCUT2D eigenvalue weighted by molar-refractivity contribution is 5.96. The largest absolute Gasteiger partial charge is 0.342 e. The summed E-state index contributed by atoms with van der Waals surface area (Å²) in [4.78, 5) is 19.7. The molecule has 1 N–H and O–H groups in total. The highest BCUT2D eigenvalue weighted by Crippen LogP contribution is 2.12. The maximum atomic E-state index is 12.0. The number of imidazole rings is 1. The molecule has 0 radical (unpaired) electrons. The number of rotatable bonds is 4. The van der Waals surface area contributed by atoms with Crippen LogP contribution in [0.4, 0.5) is 0 Å². The number of Topliss-reactive ketones (excluding diaryl/α,β-unsaturated/α-hetero) is 1. The van der Waals surface area contributed by atoms with Crippen LogP contribution in [0.1, 0.15) is 22.6 Å². The molecule has 0 aliphatic heterocycles. The summed E-state index contributed by atoms with van der Waals surface area (Å²) in [6.07, 6.45) is 1.12. The molecule has 0 fully saturated rings. The summed E-state index contributed by atoms with van der Waals surface area (Å²) < 4.78 is 0. The fourth-order valence-corrected chi connectivity index (χ4v) is 2.12. The number of nitrogens with one attached hydrogen (secondary N) is 1. The van der Waals surface area contributed by atoms with Gasteiger partial charge in [-0.2, -0.15) is 0 Å². The lowest BCUT2D eigenvalue weighted by atomic mass is 10.1. The van der Waals surface area contributed by atoms with Crippen LogP contribution in [0.2, 0.25) is 0 Å². The Bertz CT molecular complexity index is 668. The summed E-state index contributed by atoms with van der Waals surface area (Å²) in [6, 6.07) is 17.3. The van der Waals surface area contributed by atoms with Crippen LogP contribution < -0.4 is 0 Å². The highest BCUT2D eigenvalue weighted by Gasteiger charge is 2.07.